The van der Waals surface area contributed by atoms with E-state index in [0.717, 1.165) is 5.69 Å². The van der Waals surface area contributed by atoms with E-state index < -0.39 is 15.6 Å². The quantitative estimate of drug-likeness (QED) is 0.193. The maximum Gasteiger partial charge on any atom is 0.485 e. The highest BCUT2D eigenvalue weighted by molar-refractivity contribution is 7.86. The number of rotatable bonds is 2. The van der Waals surface area contributed by atoms with Crippen molar-refractivity contribution in [2.45, 2.75) is 5.51 Å². The maximum atomic E-state index is 10.7. The van der Waals surface area contributed by atoms with Gasteiger partial charge >= 0.3 is 5.51 Å². The Morgan fingerprint density at radius 3 is 1.73 bits per heavy atom. The highest BCUT2D eigenvalue weighted by atomic mass is 32.2. The number of aromatic nitrogens is 4. The van der Waals surface area contributed by atoms with E-state index in [4.69, 9.17) is 22.9 Å². The zero-order valence-corrected chi connectivity index (χ0v) is 21.4. The largest absolute Gasteiger partial charge is 0.741 e. The van der Waals surface area contributed by atoms with Crippen LogP contribution in [0.1, 0.15) is 0 Å². The van der Waals surface area contributed by atoms with Crippen molar-refractivity contribution in [3.8, 4) is 47.1 Å². The molecule has 202 valence electrons. The van der Waals surface area contributed by atoms with Crippen LogP contribution in [-0.4, -0.2) is 33.4 Å². The van der Waals surface area contributed by atoms with Gasteiger partial charge < -0.3 is 4.55 Å². The Labute approximate surface area is 230 Å². The van der Waals surface area contributed by atoms with E-state index in [9.17, 15) is 34.2 Å². The third-order valence-electron chi connectivity index (χ3n) is 5.30. The van der Waals surface area contributed by atoms with Crippen molar-refractivity contribution in [1.82, 2.24) is 15.0 Å². The van der Waals surface area contributed by atoms with E-state index in [1.807, 2.05) is 66.4 Å². The third kappa shape index (κ3) is 6.29. The Kier molecular flexibility index (Phi) is 8.71. The summed E-state index contributed by atoms with van der Waals surface area (Å²) in [6.07, 6.45) is 3.49. The fraction of sp³-hybridized carbons (Fsp3) is 0.0769. The molecule has 0 saturated carbocycles. The van der Waals surface area contributed by atoms with Crippen molar-refractivity contribution in [1.29, 1.82) is 21.0 Å². The Morgan fingerprint density at radius 1 is 0.829 bits per heavy atom. The first kappa shape index (κ1) is 29.8. The molecule has 0 unspecified atom stereocenters. The zero-order valence-electron chi connectivity index (χ0n) is 20.6. The lowest BCUT2D eigenvalue weighted by Crippen LogP contribution is -2.31. The number of nitrogens with zero attached hydrogens (tertiary/aromatic N) is 8. The molecule has 0 fully saturated rings. The summed E-state index contributed by atoms with van der Waals surface area (Å²) in [7, 11) is -4.23. The standard InChI is InChI=1S/C25H13N8.CHF3O3S/c1-33-11-5-3-7-21(33)25-24(20-6-2-4-10-30-20)31-22-18(16(12-26)13-27)8-9-19(23(22)32-25)17(14-28)15-29;2-1(3,4)8(5,6)7/h2-11H,1H3;(H,5,6,7)/q+1;/p-1. The molecule has 3 heterocycles. The van der Waals surface area contributed by atoms with Gasteiger partial charge in [0, 0.05) is 28.8 Å². The van der Waals surface area contributed by atoms with Gasteiger partial charge in [0.1, 0.15) is 48.2 Å². The summed E-state index contributed by atoms with van der Waals surface area (Å²) in [6.45, 7) is 0. The Bertz CT molecular complexity index is 2040. The maximum absolute atomic E-state index is 10.7. The summed E-state index contributed by atoms with van der Waals surface area (Å²) in [4.78, 5) is 14.0. The van der Waals surface area contributed by atoms with Crippen molar-refractivity contribution in [3.63, 3.8) is 0 Å². The molecular weight excluding hydrogens is 561 g/mol. The van der Waals surface area contributed by atoms with Gasteiger partial charge in [0.25, 0.3) is 0 Å². The summed E-state index contributed by atoms with van der Waals surface area (Å²) in [6, 6.07) is 21.5. The van der Waals surface area contributed by atoms with Crippen molar-refractivity contribution < 1.29 is 30.7 Å². The van der Waals surface area contributed by atoms with Gasteiger partial charge in [0.15, 0.2) is 22.0 Å². The molecule has 0 N–H and O–H groups in total. The second kappa shape index (κ2) is 12.0. The van der Waals surface area contributed by atoms with E-state index in [2.05, 4.69) is 4.98 Å². The van der Waals surface area contributed by atoms with Crippen LogP contribution in [0, 0.1) is 45.3 Å². The number of hydrogen-bond donors (Lipinski definition) is 0. The number of alkyl halides is 3. The van der Waals surface area contributed by atoms with E-state index >= 15 is 0 Å². The Hall–Kier alpha value is -5.74. The van der Waals surface area contributed by atoms with Gasteiger partial charge in [0.05, 0.1) is 16.7 Å². The van der Waals surface area contributed by atoms with E-state index in [1.165, 1.54) is 12.1 Å². The molecule has 0 spiro atoms. The number of hydrogen-bond acceptors (Lipinski definition) is 10. The van der Waals surface area contributed by atoms with Crippen LogP contribution < -0.4 is 15.0 Å². The van der Waals surface area contributed by atoms with E-state index in [1.54, 1.807) is 18.3 Å². The monoisotopic (exact) mass is 574 g/mol. The minimum Gasteiger partial charge on any atom is -0.741 e. The highest BCUT2D eigenvalue weighted by Gasteiger charge is 2.37. The van der Waals surface area contributed by atoms with Gasteiger partial charge in [-0.15, -0.1) is 0 Å². The van der Waals surface area contributed by atoms with Gasteiger partial charge in [0.2, 0.25) is 5.69 Å². The van der Waals surface area contributed by atoms with Crippen LogP contribution in [0.3, 0.4) is 0 Å². The number of pyridine rings is 2. The summed E-state index contributed by atoms with van der Waals surface area (Å²) in [5.41, 5.74) is -3.28. The molecule has 0 aliphatic rings. The molecule has 3 aromatic heterocycles. The fourth-order valence-corrected chi connectivity index (χ4v) is 3.46. The van der Waals surface area contributed by atoms with Gasteiger partial charge in [-0.3, -0.25) is 4.98 Å². The van der Waals surface area contributed by atoms with Crippen LogP contribution in [0.15, 0.2) is 60.9 Å². The van der Waals surface area contributed by atoms with Crippen molar-refractivity contribution in [2.75, 3.05) is 0 Å². The first-order valence-electron chi connectivity index (χ1n) is 11.0. The van der Waals surface area contributed by atoms with Crippen molar-refractivity contribution >= 4 is 32.3 Å². The minimum atomic E-state index is -6.09. The highest BCUT2D eigenvalue weighted by Crippen LogP contribution is 2.27. The van der Waals surface area contributed by atoms with E-state index in [-0.39, 0.29) is 32.6 Å². The molecule has 0 radical (unpaired) electrons. The fourth-order valence-electron chi connectivity index (χ4n) is 3.46. The number of benzene rings is 1. The average Bonchev–Trinajstić information content (AvgIpc) is 2.94. The number of halogens is 3. The predicted octanol–water partition coefficient (Wildman–Crippen LogP) is 1.63. The lowest BCUT2D eigenvalue weighted by molar-refractivity contribution is -0.660. The first-order chi connectivity index (χ1) is 19.4. The molecule has 0 amide bonds. The summed E-state index contributed by atoms with van der Waals surface area (Å²) < 4.78 is 60.8. The predicted molar refractivity (Wildman–Crippen MR) is 134 cm³/mol. The summed E-state index contributed by atoms with van der Waals surface area (Å²) in [5.74, 6) is 0. The zero-order chi connectivity index (χ0) is 30.4. The summed E-state index contributed by atoms with van der Waals surface area (Å²) in [5, 5.41) is 38.5. The van der Waals surface area contributed by atoms with Crippen LogP contribution in [0.2, 0.25) is 0 Å². The molecule has 1 aromatic carbocycles. The van der Waals surface area contributed by atoms with Crippen LogP contribution in [0.25, 0.3) is 45.0 Å². The number of aryl methyl sites for hydroxylation is 1. The van der Waals surface area contributed by atoms with Gasteiger partial charge in [-0.2, -0.15) is 38.8 Å². The second-order valence-electron chi connectivity index (χ2n) is 7.79. The van der Waals surface area contributed by atoms with Crippen LogP contribution >= 0.6 is 0 Å². The normalized spacial score (nSPS) is 10.7. The lowest BCUT2D eigenvalue weighted by Gasteiger charge is -2.09. The molecule has 4 aromatic rings. The average molecular weight is 575 g/mol. The molecule has 4 rings (SSSR count). The molecule has 0 aliphatic carbocycles. The molecule has 0 bridgehead atoms. The summed E-state index contributed by atoms with van der Waals surface area (Å²) >= 11 is 0. The molecule has 15 heteroatoms. The number of nitriles is 4. The molecule has 0 saturated heterocycles. The smallest absolute Gasteiger partial charge is 0.485 e. The molecule has 0 aliphatic heterocycles. The third-order valence-corrected chi connectivity index (χ3v) is 5.86. The van der Waals surface area contributed by atoms with Crippen LogP contribution in [0.4, 0.5) is 13.2 Å². The molecule has 0 atom stereocenters. The first-order valence-corrected chi connectivity index (χ1v) is 12.4. The van der Waals surface area contributed by atoms with Crippen molar-refractivity contribution in [2.24, 2.45) is 7.05 Å². The van der Waals surface area contributed by atoms with Crippen LogP contribution in [-0.2, 0) is 17.2 Å². The molecule has 41 heavy (non-hydrogen) atoms. The van der Waals surface area contributed by atoms with Gasteiger partial charge in [-0.1, -0.05) is 6.07 Å². The molecule has 11 nitrogen and oxygen atoms in total. The SMILES string of the molecule is C[n+]1ccccc1-c1nc2c(=C(C#N)C#N)ccc(=C(C#N)C#N)c2nc1-c1ccccn1.O=S(=O)([O-])C(F)(F)F. The minimum absolute atomic E-state index is 0.148. The Balaban J connectivity index is 0.000000507. The van der Waals surface area contributed by atoms with Crippen LogP contribution in [0.5, 0.6) is 0 Å². The van der Waals surface area contributed by atoms with Gasteiger partial charge in [-0.25, -0.2) is 18.4 Å². The second-order valence-corrected chi connectivity index (χ2v) is 9.16. The van der Waals surface area contributed by atoms with Gasteiger partial charge in [-0.05, 0) is 30.3 Å². The topological polar surface area (TPSA) is 195 Å². The molecular formula is C26H13F3N8O3S. The Morgan fingerprint density at radius 2 is 1.32 bits per heavy atom. The lowest BCUT2D eigenvalue weighted by atomic mass is 10.1. The van der Waals surface area contributed by atoms with E-state index in [0.29, 0.717) is 17.1 Å². The van der Waals surface area contributed by atoms with Crippen molar-refractivity contribution in [3.05, 3.63) is 71.4 Å². The number of fused-ring (bicyclic) bond motifs is 1.